The van der Waals surface area contributed by atoms with Gasteiger partial charge in [-0.05, 0) is 20.8 Å². The van der Waals surface area contributed by atoms with Gasteiger partial charge in [-0.15, -0.1) is 0 Å². The molecule has 12 heavy (non-hydrogen) atoms. The topological polar surface area (TPSA) is 44.8 Å². The average Bonchev–Trinajstić information content (AvgIpc) is 1.82. The Kier molecular flexibility index (Phi) is 2.64. The predicted octanol–water partition coefficient (Wildman–Crippen LogP) is 2.34. The lowest BCUT2D eigenvalue weighted by molar-refractivity contribution is -0.0425. The molecule has 4 nitrogen and oxygen atoms in total. The molecule has 1 rings (SSSR count). The van der Waals surface area contributed by atoms with E-state index in [4.69, 9.17) is 13.6 Å². The fourth-order valence-electron chi connectivity index (χ4n) is 1.39. The van der Waals surface area contributed by atoms with Gasteiger partial charge >= 0.3 is 7.82 Å². The Morgan fingerprint density at radius 2 is 2.17 bits per heavy atom. The molecule has 1 aliphatic rings. The third-order valence-electron chi connectivity index (χ3n) is 1.67. The molecule has 5 heteroatoms. The third kappa shape index (κ3) is 2.30. The smallest absolute Gasteiger partial charge is 0.290 e. The Balaban J connectivity index is 2.77. The van der Waals surface area contributed by atoms with Crippen LogP contribution in [-0.2, 0) is 18.1 Å². The van der Waals surface area contributed by atoms with Crippen LogP contribution < -0.4 is 0 Å². The zero-order valence-corrected chi connectivity index (χ0v) is 8.76. The van der Waals surface area contributed by atoms with Crippen LogP contribution in [0.15, 0.2) is 0 Å². The van der Waals surface area contributed by atoms with Crippen LogP contribution in [0.25, 0.3) is 0 Å². The van der Waals surface area contributed by atoms with Crippen molar-refractivity contribution in [2.75, 3.05) is 7.11 Å². The summed E-state index contributed by atoms with van der Waals surface area (Å²) in [4.78, 5) is 0. The molecule has 0 amide bonds. The van der Waals surface area contributed by atoms with Crippen molar-refractivity contribution in [2.45, 2.75) is 38.9 Å². The first-order valence-corrected chi connectivity index (χ1v) is 5.38. The van der Waals surface area contributed by atoms with Crippen molar-refractivity contribution in [3.05, 3.63) is 0 Å². The van der Waals surface area contributed by atoms with Crippen molar-refractivity contribution in [1.29, 1.82) is 0 Å². The first-order valence-electron chi connectivity index (χ1n) is 3.92. The quantitative estimate of drug-likeness (QED) is 0.601. The summed E-state index contributed by atoms with van der Waals surface area (Å²) >= 11 is 0. The van der Waals surface area contributed by atoms with E-state index in [1.165, 1.54) is 7.11 Å². The van der Waals surface area contributed by atoms with Crippen LogP contribution >= 0.6 is 7.82 Å². The fourth-order valence-corrected chi connectivity index (χ4v) is 2.79. The summed E-state index contributed by atoms with van der Waals surface area (Å²) in [6, 6.07) is 0. The van der Waals surface area contributed by atoms with E-state index < -0.39 is 13.4 Å². The lowest BCUT2D eigenvalue weighted by Crippen LogP contribution is -2.34. The SMILES string of the molecule is CO[P@@]1(=O)O[C@@H](C)CC(C)(C)O1. The lowest BCUT2D eigenvalue weighted by atomic mass is 10.0. The number of hydrogen-bond acceptors (Lipinski definition) is 4. The second-order valence-electron chi connectivity index (χ2n) is 3.60. The van der Waals surface area contributed by atoms with Crippen molar-refractivity contribution in [3.63, 3.8) is 0 Å². The van der Waals surface area contributed by atoms with Crippen LogP contribution in [0, 0.1) is 0 Å². The summed E-state index contributed by atoms with van der Waals surface area (Å²) in [5.74, 6) is 0. The number of phosphoric ester groups is 1. The van der Waals surface area contributed by atoms with Gasteiger partial charge in [-0.3, -0.25) is 13.6 Å². The summed E-state index contributed by atoms with van der Waals surface area (Å²) in [7, 11) is -1.94. The molecular formula is C7H15O4P. The molecule has 0 unspecified atom stereocenters. The molecule has 0 aliphatic carbocycles. The van der Waals surface area contributed by atoms with Gasteiger partial charge in [0.05, 0.1) is 11.7 Å². The average molecular weight is 194 g/mol. The van der Waals surface area contributed by atoms with Crippen LogP contribution in [0.5, 0.6) is 0 Å². The van der Waals surface area contributed by atoms with Crippen LogP contribution in [0.2, 0.25) is 0 Å². The van der Waals surface area contributed by atoms with Crippen LogP contribution in [0.1, 0.15) is 27.2 Å². The van der Waals surface area contributed by atoms with E-state index in [1.54, 1.807) is 0 Å². The zero-order chi connectivity index (χ0) is 9.41. The Bertz CT molecular complexity index is 213. The maximum absolute atomic E-state index is 11.6. The number of phosphoric acid groups is 1. The summed E-state index contributed by atoms with van der Waals surface area (Å²) in [6.07, 6.45) is 0.639. The Morgan fingerprint density at radius 1 is 1.58 bits per heavy atom. The van der Waals surface area contributed by atoms with Gasteiger partial charge in [-0.25, -0.2) is 4.57 Å². The molecule has 0 N–H and O–H groups in total. The van der Waals surface area contributed by atoms with E-state index in [1.807, 2.05) is 20.8 Å². The third-order valence-corrected chi connectivity index (χ3v) is 3.45. The molecule has 1 aliphatic heterocycles. The van der Waals surface area contributed by atoms with Gasteiger partial charge in [0.15, 0.2) is 0 Å². The van der Waals surface area contributed by atoms with Crippen LogP contribution in [-0.4, -0.2) is 18.8 Å². The molecule has 0 radical (unpaired) electrons. The van der Waals surface area contributed by atoms with E-state index in [9.17, 15) is 4.57 Å². The zero-order valence-electron chi connectivity index (χ0n) is 7.86. The highest BCUT2D eigenvalue weighted by Gasteiger charge is 2.42. The lowest BCUT2D eigenvalue weighted by Gasteiger charge is -2.37. The predicted molar refractivity (Wildman–Crippen MR) is 44.9 cm³/mol. The molecule has 1 fully saturated rings. The molecule has 0 bridgehead atoms. The van der Waals surface area contributed by atoms with Gasteiger partial charge in [-0.1, -0.05) is 0 Å². The number of rotatable bonds is 1. The Labute approximate surface area is 72.8 Å². The van der Waals surface area contributed by atoms with Crippen molar-refractivity contribution in [1.82, 2.24) is 0 Å². The number of hydrogen-bond donors (Lipinski definition) is 0. The molecule has 0 aromatic heterocycles. The summed E-state index contributed by atoms with van der Waals surface area (Å²) in [6.45, 7) is 5.60. The van der Waals surface area contributed by atoms with E-state index in [2.05, 4.69) is 0 Å². The van der Waals surface area contributed by atoms with Gasteiger partial charge in [0.25, 0.3) is 0 Å². The van der Waals surface area contributed by atoms with E-state index in [-0.39, 0.29) is 6.10 Å². The van der Waals surface area contributed by atoms with E-state index in [0.717, 1.165) is 6.42 Å². The van der Waals surface area contributed by atoms with Gasteiger partial charge in [0.1, 0.15) is 0 Å². The highest BCUT2D eigenvalue weighted by atomic mass is 31.2. The van der Waals surface area contributed by atoms with Crippen LogP contribution in [0.4, 0.5) is 0 Å². The Morgan fingerprint density at radius 3 is 2.58 bits per heavy atom. The minimum Gasteiger partial charge on any atom is -0.290 e. The maximum atomic E-state index is 11.6. The van der Waals surface area contributed by atoms with Crippen molar-refractivity contribution in [2.24, 2.45) is 0 Å². The second-order valence-corrected chi connectivity index (χ2v) is 5.25. The van der Waals surface area contributed by atoms with E-state index >= 15 is 0 Å². The molecule has 0 aromatic rings. The highest BCUT2D eigenvalue weighted by molar-refractivity contribution is 7.48. The molecule has 1 saturated heterocycles. The van der Waals surface area contributed by atoms with Gasteiger partial charge in [0, 0.05) is 13.5 Å². The highest BCUT2D eigenvalue weighted by Crippen LogP contribution is 2.57. The first-order chi connectivity index (χ1) is 5.37. The molecule has 72 valence electrons. The molecule has 0 spiro atoms. The Hall–Kier alpha value is 0.110. The molecule has 1 heterocycles. The molecular weight excluding hydrogens is 179 g/mol. The summed E-state index contributed by atoms with van der Waals surface area (Å²) in [5, 5.41) is 0. The van der Waals surface area contributed by atoms with Gasteiger partial charge in [0.2, 0.25) is 0 Å². The van der Waals surface area contributed by atoms with Crippen LogP contribution in [0.3, 0.4) is 0 Å². The second kappa shape index (κ2) is 3.11. The van der Waals surface area contributed by atoms with Gasteiger partial charge in [-0.2, -0.15) is 0 Å². The van der Waals surface area contributed by atoms with E-state index in [0.29, 0.717) is 0 Å². The minimum atomic E-state index is -3.27. The molecule has 0 saturated carbocycles. The largest absolute Gasteiger partial charge is 0.475 e. The molecule has 0 aromatic carbocycles. The van der Waals surface area contributed by atoms with Crippen molar-refractivity contribution < 1.29 is 18.1 Å². The monoisotopic (exact) mass is 194 g/mol. The fraction of sp³-hybridized carbons (Fsp3) is 1.00. The first kappa shape index (κ1) is 10.2. The summed E-state index contributed by atoms with van der Waals surface area (Å²) in [5.41, 5.74) is -0.427. The maximum Gasteiger partial charge on any atom is 0.475 e. The molecule has 2 atom stereocenters. The van der Waals surface area contributed by atoms with Crippen molar-refractivity contribution in [3.8, 4) is 0 Å². The van der Waals surface area contributed by atoms with Crippen molar-refractivity contribution >= 4 is 7.82 Å². The summed E-state index contributed by atoms with van der Waals surface area (Å²) < 4.78 is 26.5. The standard InChI is InChI=1S/C7H15O4P/c1-6-5-7(2,3)11-12(8,9-4)10-6/h6H,5H2,1-4H3/t6-,12-/m0/s1. The minimum absolute atomic E-state index is 0.0838. The normalized spacial score (nSPS) is 41.2. The van der Waals surface area contributed by atoms with Gasteiger partial charge < -0.3 is 0 Å².